The number of rotatable bonds is 12. The normalized spacial score (nSPS) is 12.4. The highest BCUT2D eigenvalue weighted by molar-refractivity contribution is 8.65. The number of hydrogen-bond acceptors (Lipinski definition) is 2. The maximum atomic E-state index is 11.3. The van der Waals surface area contributed by atoms with E-state index in [1.165, 1.54) is 44.9 Å². The molecule has 0 spiro atoms. The summed E-state index contributed by atoms with van der Waals surface area (Å²) in [5.41, 5.74) is 0. The smallest absolute Gasteiger partial charge is 0.316 e. The van der Waals surface area contributed by atoms with Crippen LogP contribution in [-0.2, 0) is 9.53 Å². The van der Waals surface area contributed by atoms with Gasteiger partial charge in [-0.3, -0.25) is 4.79 Å². The fraction of sp³-hybridized carbons (Fsp3) is 0.929. The first-order valence-corrected chi connectivity index (χ1v) is 11.1. The van der Waals surface area contributed by atoms with Gasteiger partial charge in [-0.05, 0) is 12.7 Å². The fourth-order valence-corrected chi connectivity index (χ4v) is 2.88. The van der Waals surface area contributed by atoms with E-state index in [2.05, 4.69) is 6.92 Å². The Bertz CT molecular complexity index is 230. The van der Waals surface area contributed by atoms with Crippen LogP contribution >= 0.6 is 29.8 Å². The summed E-state index contributed by atoms with van der Waals surface area (Å²) in [6, 6.07) is 0. The van der Waals surface area contributed by atoms with Gasteiger partial charge < -0.3 is 4.74 Å². The SMILES string of the molecule is CCCCCCCCCCCOC(=O)CS(C)(Cl)Cl. The Labute approximate surface area is 128 Å². The Hall–Kier alpha value is 0.400. The molecular formula is C14H28Cl2O2S. The van der Waals surface area contributed by atoms with Crippen molar-refractivity contribution >= 4 is 35.8 Å². The molecule has 0 amide bonds. The molecule has 0 bridgehead atoms. The van der Waals surface area contributed by atoms with Crippen LogP contribution in [0.2, 0.25) is 0 Å². The Morgan fingerprint density at radius 3 is 1.89 bits per heavy atom. The van der Waals surface area contributed by atoms with E-state index >= 15 is 0 Å². The Morgan fingerprint density at radius 1 is 0.947 bits per heavy atom. The molecule has 2 nitrogen and oxygen atoms in total. The van der Waals surface area contributed by atoms with Crippen LogP contribution in [0.25, 0.3) is 0 Å². The zero-order valence-electron chi connectivity index (χ0n) is 12.3. The van der Waals surface area contributed by atoms with E-state index in [-0.39, 0.29) is 11.7 Å². The molecule has 0 saturated heterocycles. The molecule has 0 atom stereocenters. The minimum Gasteiger partial charge on any atom is -0.465 e. The number of carbonyl (C=O) groups excluding carboxylic acids is 1. The average Bonchev–Trinajstić information content (AvgIpc) is 2.29. The summed E-state index contributed by atoms with van der Waals surface area (Å²) in [5.74, 6) is -0.143. The second-order valence-electron chi connectivity index (χ2n) is 5.07. The van der Waals surface area contributed by atoms with Crippen molar-refractivity contribution in [2.45, 2.75) is 64.7 Å². The number of carbonyl (C=O) groups is 1. The maximum Gasteiger partial charge on any atom is 0.316 e. The minimum absolute atomic E-state index is 0.132. The standard InChI is InChI=1S/C14H28Cl2O2S/c1-3-4-5-6-7-8-9-10-11-12-18-14(17)13-19(2,15)16/h3-13H2,1-2H3. The van der Waals surface area contributed by atoms with E-state index in [9.17, 15) is 4.79 Å². The van der Waals surface area contributed by atoms with Crippen molar-refractivity contribution in [1.82, 2.24) is 0 Å². The van der Waals surface area contributed by atoms with Crippen LogP contribution < -0.4 is 0 Å². The van der Waals surface area contributed by atoms with Crippen molar-refractivity contribution in [2.24, 2.45) is 0 Å². The third kappa shape index (κ3) is 16.3. The molecule has 0 fully saturated rings. The highest BCUT2D eigenvalue weighted by Gasteiger charge is 2.16. The van der Waals surface area contributed by atoms with Gasteiger partial charge in [-0.2, -0.15) is 0 Å². The Balaban J connectivity index is 3.21. The van der Waals surface area contributed by atoms with Crippen LogP contribution in [0.3, 0.4) is 0 Å². The van der Waals surface area contributed by atoms with Gasteiger partial charge in [-0.15, -0.1) is 0 Å². The van der Waals surface area contributed by atoms with Crippen LogP contribution in [0, 0.1) is 0 Å². The molecule has 0 heterocycles. The quantitative estimate of drug-likeness (QED) is 0.333. The summed E-state index contributed by atoms with van der Waals surface area (Å²) in [6.07, 6.45) is 13.0. The monoisotopic (exact) mass is 330 g/mol. The van der Waals surface area contributed by atoms with Crippen molar-refractivity contribution < 1.29 is 9.53 Å². The zero-order chi connectivity index (χ0) is 14.6. The second-order valence-corrected chi connectivity index (χ2v) is 11.7. The van der Waals surface area contributed by atoms with Gasteiger partial charge in [0.2, 0.25) is 0 Å². The molecule has 0 saturated carbocycles. The van der Waals surface area contributed by atoms with Gasteiger partial charge in [0.1, 0.15) is 5.75 Å². The molecule has 0 unspecified atom stereocenters. The number of ether oxygens (including phenoxy) is 1. The molecule has 0 aliphatic heterocycles. The van der Waals surface area contributed by atoms with Crippen LogP contribution in [0.15, 0.2) is 0 Å². The van der Waals surface area contributed by atoms with Crippen molar-refractivity contribution in [3.05, 3.63) is 0 Å². The largest absolute Gasteiger partial charge is 0.465 e. The zero-order valence-corrected chi connectivity index (χ0v) is 14.6. The molecule has 5 heteroatoms. The lowest BCUT2D eigenvalue weighted by molar-refractivity contribution is -0.140. The summed E-state index contributed by atoms with van der Waals surface area (Å²) in [5, 5.41) is 0. The van der Waals surface area contributed by atoms with Crippen LogP contribution in [0.1, 0.15) is 64.7 Å². The molecule has 0 rings (SSSR count). The van der Waals surface area contributed by atoms with Crippen molar-refractivity contribution in [3.63, 3.8) is 0 Å². The van der Waals surface area contributed by atoms with E-state index in [0.717, 1.165) is 12.8 Å². The van der Waals surface area contributed by atoms with Gasteiger partial charge in [0.15, 0.2) is 0 Å². The number of unbranched alkanes of at least 4 members (excludes halogenated alkanes) is 8. The first kappa shape index (κ1) is 19.4. The first-order chi connectivity index (χ1) is 8.95. The molecule has 19 heavy (non-hydrogen) atoms. The van der Waals surface area contributed by atoms with E-state index in [1.807, 2.05) is 0 Å². The van der Waals surface area contributed by atoms with Crippen molar-refractivity contribution in [2.75, 3.05) is 18.6 Å². The summed E-state index contributed by atoms with van der Waals surface area (Å²) >= 11 is 0. The number of esters is 1. The average molecular weight is 331 g/mol. The Kier molecular flexibility index (Phi) is 12.4. The predicted molar refractivity (Wildman–Crippen MR) is 88.3 cm³/mol. The van der Waals surface area contributed by atoms with Crippen molar-refractivity contribution in [3.8, 4) is 0 Å². The summed E-state index contributed by atoms with van der Waals surface area (Å²) < 4.78 is 5.09. The third-order valence-corrected chi connectivity index (χ3v) is 4.28. The summed E-state index contributed by atoms with van der Waals surface area (Å²) in [4.78, 5) is 11.3. The van der Waals surface area contributed by atoms with E-state index < -0.39 is 8.46 Å². The van der Waals surface area contributed by atoms with Gasteiger partial charge >= 0.3 is 5.97 Å². The van der Waals surface area contributed by atoms with Crippen molar-refractivity contribution in [1.29, 1.82) is 0 Å². The predicted octanol–water partition coefficient (Wildman–Crippen LogP) is 5.80. The number of halogens is 2. The van der Waals surface area contributed by atoms with E-state index in [1.54, 1.807) is 6.26 Å². The second kappa shape index (κ2) is 12.2. The molecule has 0 radical (unpaired) electrons. The molecule has 0 aromatic carbocycles. The number of hydrogen-bond donors (Lipinski definition) is 0. The minimum atomic E-state index is -1.82. The maximum absolute atomic E-state index is 11.3. The molecule has 0 aliphatic rings. The highest BCUT2D eigenvalue weighted by atomic mass is 36.0. The van der Waals surface area contributed by atoms with Crippen LogP contribution in [-0.4, -0.2) is 24.6 Å². The van der Waals surface area contributed by atoms with Gasteiger partial charge in [0.05, 0.1) is 6.61 Å². The molecule has 0 aromatic heterocycles. The third-order valence-electron chi connectivity index (χ3n) is 2.88. The topological polar surface area (TPSA) is 26.3 Å². The van der Waals surface area contributed by atoms with E-state index in [4.69, 9.17) is 26.1 Å². The van der Waals surface area contributed by atoms with Gasteiger partial charge in [0.25, 0.3) is 0 Å². The lowest BCUT2D eigenvalue weighted by Crippen LogP contribution is -2.11. The lowest BCUT2D eigenvalue weighted by Gasteiger charge is -2.16. The Morgan fingerprint density at radius 2 is 1.42 bits per heavy atom. The van der Waals surface area contributed by atoms with Crippen LogP contribution in [0.5, 0.6) is 0 Å². The molecule has 0 aromatic rings. The summed E-state index contributed by atoms with van der Waals surface area (Å²) in [7, 11) is 9.80. The van der Waals surface area contributed by atoms with Gasteiger partial charge in [-0.25, -0.2) is 0 Å². The summed E-state index contributed by atoms with van der Waals surface area (Å²) in [6.45, 7) is 2.73. The van der Waals surface area contributed by atoms with Crippen LogP contribution in [0.4, 0.5) is 0 Å². The lowest BCUT2D eigenvalue weighted by atomic mass is 10.1. The highest BCUT2D eigenvalue weighted by Crippen LogP contribution is 2.54. The van der Waals surface area contributed by atoms with Gasteiger partial charge in [0, 0.05) is 0 Å². The molecule has 0 aliphatic carbocycles. The fourth-order valence-electron chi connectivity index (χ4n) is 1.85. The molecule has 0 N–H and O–H groups in total. The van der Waals surface area contributed by atoms with E-state index in [0.29, 0.717) is 6.61 Å². The van der Waals surface area contributed by atoms with Gasteiger partial charge in [-0.1, -0.05) is 88.1 Å². The first-order valence-electron chi connectivity index (χ1n) is 7.26. The molecule has 116 valence electrons. The molecular weight excluding hydrogens is 303 g/mol.